The van der Waals surface area contributed by atoms with Gasteiger partial charge in [0.25, 0.3) is 0 Å². The number of aliphatic hydroxyl groups excluding tert-OH is 1. The molecule has 1 aromatic carbocycles. The number of anilines is 1. The van der Waals surface area contributed by atoms with Gasteiger partial charge in [0.05, 0.1) is 17.2 Å². The van der Waals surface area contributed by atoms with Crippen LogP contribution < -0.4 is 10.2 Å². The van der Waals surface area contributed by atoms with E-state index < -0.39 is 6.61 Å². The number of fused-ring (bicyclic) bond motifs is 2. The Bertz CT molecular complexity index is 1170. The van der Waals surface area contributed by atoms with Crippen LogP contribution in [0.2, 0.25) is 0 Å². The molecule has 0 bridgehead atoms. The van der Waals surface area contributed by atoms with Crippen LogP contribution in [0.1, 0.15) is 21.5 Å². The Morgan fingerprint density at radius 3 is 2.71 bits per heavy atom. The summed E-state index contributed by atoms with van der Waals surface area (Å²) < 4.78 is 2.11. The van der Waals surface area contributed by atoms with Crippen molar-refractivity contribution in [2.75, 3.05) is 31.1 Å². The van der Waals surface area contributed by atoms with Gasteiger partial charge in [-0.2, -0.15) is 5.26 Å². The molecule has 8 heteroatoms. The zero-order chi connectivity index (χ0) is 21.5. The normalized spacial score (nSPS) is 21.8. The number of hydrogen-bond acceptors (Lipinski definition) is 7. The van der Waals surface area contributed by atoms with Crippen LogP contribution in [-0.4, -0.2) is 51.7 Å². The molecule has 3 heterocycles. The summed E-state index contributed by atoms with van der Waals surface area (Å²) in [4.78, 5) is 22.3. The van der Waals surface area contributed by atoms with Crippen LogP contribution in [-0.2, 0) is 13.6 Å². The molecule has 2 aliphatic rings. The standard InChI is InChI=1S/C23H24N6O2/c1-28-10-16(17-4-14(5-24)2-3-21(17)28)6-25-9-18-19-11-29(12-20(18)19)23-26-7-15(8-27-23)22(31)13-30/h2-4,7-8,10,18-20,25,30H,6,9,11-13H2,1H3. The zero-order valence-electron chi connectivity index (χ0n) is 17.3. The quantitative estimate of drug-likeness (QED) is 0.562. The lowest BCUT2D eigenvalue weighted by molar-refractivity contribution is 0.0903. The molecule has 2 atom stereocenters. The highest BCUT2D eigenvalue weighted by molar-refractivity contribution is 5.96. The van der Waals surface area contributed by atoms with E-state index in [-0.39, 0.29) is 5.78 Å². The monoisotopic (exact) mass is 416 g/mol. The number of nitrogens with zero attached hydrogens (tertiary/aromatic N) is 5. The number of rotatable bonds is 7. The molecule has 3 aromatic rings. The van der Waals surface area contributed by atoms with E-state index in [1.165, 1.54) is 18.0 Å². The summed E-state index contributed by atoms with van der Waals surface area (Å²) >= 11 is 0. The van der Waals surface area contributed by atoms with Gasteiger partial charge in [0.1, 0.15) is 6.61 Å². The molecular formula is C23H24N6O2. The van der Waals surface area contributed by atoms with Crippen molar-refractivity contribution in [1.29, 1.82) is 5.26 Å². The zero-order valence-corrected chi connectivity index (χ0v) is 17.3. The first-order chi connectivity index (χ1) is 15.1. The number of hydrogen-bond donors (Lipinski definition) is 2. The molecule has 31 heavy (non-hydrogen) atoms. The smallest absolute Gasteiger partial charge is 0.225 e. The third-order valence-corrected chi connectivity index (χ3v) is 6.65. The Hall–Kier alpha value is -3.28. The van der Waals surface area contributed by atoms with Gasteiger partial charge in [-0.15, -0.1) is 0 Å². The van der Waals surface area contributed by atoms with Crippen molar-refractivity contribution in [3.8, 4) is 6.07 Å². The molecule has 1 saturated carbocycles. The lowest BCUT2D eigenvalue weighted by Gasteiger charge is -2.19. The highest BCUT2D eigenvalue weighted by atomic mass is 16.3. The lowest BCUT2D eigenvalue weighted by atomic mass is 10.1. The number of aryl methyl sites for hydroxylation is 1. The first-order valence-corrected chi connectivity index (χ1v) is 10.5. The highest BCUT2D eigenvalue weighted by Crippen LogP contribution is 2.51. The Morgan fingerprint density at radius 2 is 2.03 bits per heavy atom. The van der Waals surface area contributed by atoms with E-state index >= 15 is 0 Å². The largest absolute Gasteiger partial charge is 0.388 e. The summed E-state index contributed by atoms with van der Waals surface area (Å²) in [5, 5.41) is 22.9. The van der Waals surface area contributed by atoms with Crippen molar-refractivity contribution in [1.82, 2.24) is 19.9 Å². The average Bonchev–Trinajstić information content (AvgIpc) is 3.11. The van der Waals surface area contributed by atoms with Gasteiger partial charge in [-0.05, 0) is 48.1 Å². The Balaban J connectivity index is 1.15. The minimum absolute atomic E-state index is 0.341. The summed E-state index contributed by atoms with van der Waals surface area (Å²) in [6.07, 6.45) is 5.12. The number of nitriles is 1. The van der Waals surface area contributed by atoms with Gasteiger partial charge in [0.2, 0.25) is 5.95 Å². The van der Waals surface area contributed by atoms with Gasteiger partial charge in [-0.1, -0.05) is 0 Å². The number of Topliss-reactive ketones (excluding diaryl/α,β-unsaturated/α-hetero) is 1. The summed E-state index contributed by atoms with van der Waals surface area (Å²) in [6, 6.07) is 8.06. The fourth-order valence-electron chi connectivity index (χ4n) is 4.89. The van der Waals surface area contributed by atoms with Gasteiger partial charge in [-0.3, -0.25) is 4.79 Å². The number of benzene rings is 1. The SMILES string of the molecule is Cn1cc(CNCC2C3CN(c4ncc(C(=O)CO)cn4)CC23)c2cc(C#N)ccc21. The number of aromatic nitrogens is 3. The summed E-state index contributed by atoms with van der Waals surface area (Å²) in [7, 11) is 2.03. The van der Waals surface area contributed by atoms with Gasteiger partial charge in [-0.25, -0.2) is 9.97 Å². The van der Waals surface area contributed by atoms with Gasteiger partial charge >= 0.3 is 0 Å². The van der Waals surface area contributed by atoms with Crippen molar-refractivity contribution in [3.63, 3.8) is 0 Å². The van der Waals surface area contributed by atoms with Crippen LogP contribution in [0.3, 0.4) is 0 Å². The molecule has 158 valence electrons. The molecule has 8 nitrogen and oxygen atoms in total. The molecule has 0 amide bonds. The molecule has 2 unspecified atom stereocenters. The fourth-order valence-corrected chi connectivity index (χ4v) is 4.89. The van der Waals surface area contributed by atoms with Crippen molar-refractivity contribution >= 4 is 22.6 Å². The number of aliphatic hydroxyl groups is 1. The molecule has 0 spiro atoms. The second-order valence-electron chi connectivity index (χ2n) is 8.49. The van der Waals surface area contributed by atoms with Crippen molar-refractivity contribution in [2.45, 2.75) is 6.54 Å². The minimum Gasteiger partial charge on any atom is -0.388 e. The van der Waals surface area contributed by atoms with E-state index in [9.17, 15) is 10.1 Å². The number of carbonyl (C=O) groups excluding carboxylic acids is 1. The minimum atomic E-state index is -0.524. The van der Waals surface area contributed by atoms with Crippen LogP contribution in [0, 0.1) is 29.1 Å². The van der Waals surface area contributed by atoms with Gasteiger partial charge in [0, 0.05) is 56.2 Å². The molecule has 1 aliphatic heterocycles. The van der Waals surface area contributed by atoms with Crippen LogP contribution in [0.15, 0.2) is 36.8 Å². The Morgan fingerprint density at radius 1 is 1.29 bits per heavy atom. The summed E-state index contributed by atoms with van der Waals surface area (Å²) in [5.74, 6) is 2.24. The number of ketones is 1. The molecule has 1 saturated heterocycles. The summed E-state index contributed by atoms with van der Waals surface area (Å²) in [6.45, 7) is 3.11. The predicted octanol–water partition coefficient (Wildman–Crippen LogP) is 1.49. The van der Waals surface area contributed by atoms with E-state index in [1.54, 1.807) is 0 Å². The first kappa shape index (κ1) is 19.7. The van der Waals surface area contributed by atoms with Crippen molar-refractivity contribution in [2.24, 2.45) is 24.8 Å². The second kappa shape index (κ2) is 7.76. The predicted molar refractivity (Wildman–Crippen MR) is 115 cm³/mol. The Labute approximate surface area is 180 Å². The Kier molecular flexibility index (Phi) is 4.93. The van der Waals surface area contributed by atoms with Crippen molar-refractivity contribution < 1.29 is 9.90 Å². The van der Waals surface area contributed by atoms with E-state index in [4.69, 9.17) is 5.11 Å². The first-order valence-electron chi connectivity index (χ1n) is 10.5. The number of carbonyl (C=O) groups is 1. The molecule has 0 radical (unpaired) electrons. The van der Waals surface area contributed by atoms with Crippen LogP contribution in [0.5, 0.6) is 0 Å². The van der Waals surface area contributed by atoms with Crippen molar-refractivity contribution in [3.05, 3.63) is 53.5 Å². The number of nitrogens with one attached hydrogen (secondary N) is 1. The second-order valence-corrected chi connectivity index (χ2v) is 8.49. The van der Waals surface area contributed by atoms with Crippen LogP contribution in [0.4, 0.5) is 5.95 Å². The molecular weight excluding hydrogens is 392 g/mol. The third-order valence-electron chi connectivity index (χ3n) is 6.65. The fraction of sp³-hybridized carbons (Fsp3) is 0.391. The molecule has 5 rings (SSSR count). The topological polar surface area (TPSA) is 107 Å². The van der Waals surface area contributed by atoms with E-state index in [0.29, 0.717) is 34.8 Å². The molecule has 2 aromatic heterocycles. The highest BCUT2D eigenvalue weighted by Gasteiger charge is 2.55. The average molecular weight is 416 g/mol. The van der Waals surface area contributed by atoms with Crippen LogP contribution >= 0.6 is 0 Å². The van der Waals surface area contributed by atoms with E-state index in [0.717, 1.165) is 37.1 Å². The maximum Gasteiger partial charge on any atom is 0.225 e. The molecule has 2 N–H and O–H groups in total. The maximum absolute atomic E-state index is 11.5. The molecule has 1 aliphatic carbocycles. The number of piperidine rings is 1. The lowest BCUT2D eigenvalue weighted by Crippen LogP contribution is -2.29. The summed E-state index contributed by atoms with van der Waals surface area (Å²) in [5.41, 5.74) is 3.38. The third kappa shape index (κ3) is 3.56. The van der Waals surface area contributed by atoms with Crippen LogP contribution in [0.25, 0.3) is 10.9 Å². The van der Waals surface area contributed by atoms with Gasteiger partial charge < -0.3 is 19.9 Å². The van der Waals surface area contributed by atoms with Gasteiger partial charge in [0.15, 0.2) is 5.78 Å². The van der Waals surface area contributed by atoms with E-state index in [2.05, 4.69) is 37.0 Å². The molecule has 2 fully saturated rings. The maximum atomic E-state index is 11.5. The van der Waals surface area contributed by atoms with E-state index in [1.807, 2.05) is 25.2 Å².